The zero-order valence-electron chi connectivity index (χ0n) is 10.2. The summed E-state index contributed by atoms with van der Waals surface area (Å²) < 4.78 is 68.2. The number of ether oxygens (including phenoxy) is 1. The Balaban J connectivity index is 3.44. The molecule has 1 aromatic heterocycles. The van der Waals surface area contributed by atoms with Gasteiger partial charge >= 0.3 is 12.1 Å². The SMILES string of the molecule is CCOC(=O)Cc1c(C(F)(F)F)c(C(F)F)c[nH]c1=O. The topological polar surface area (TPSA) is 59.2 Å². The number of carbonyl (C=O) groups is 1. The Morgan fingerprint density at radius 3 is 2.45 bits per heavy atom. The largest absolute Gasteiger partial charge is 0.466 e. The van der Waals surface area contributed by atoms with E-state index in [2.05, 4.69) is 4.74 Å². The summed E-state index contributed by atoms with van der Waals surface area (Å²) in [6, 6.07) is 0. The maximum absolute atomic E-state index is 12.8. The molecule has 0 aliphatic rings. The highest BCUT2D eigenvalue weighted by Crippen LogP contribution is 2.37. The highest BCUT2D eigenvalue weighted by molar-refractivity contribution is 5.73. The number of nitrogens with one attached hydrogen (secondary N) is 1. The van der Waals surface area contributed by atoms with Gasteiger partial charge in [0.25, 0.3) is 12.0 Å². The number of aromatic nitrogens is 1. The molecule has 0 aromatic carbocycles. The smallest absolute Gasteiger partial charge is 0.417 e. The van der Waals surface area contributed by atoms with E-state index in [9.17, 15) is 31.5 Å². The molecule has 0 saturated heterocycles. The fourth-order valence-electron chi connectivity index (χ4n) is 1.62. The maximum Gasteiger partial charge on any atom is 0.417 e. The van der Waals surface area contributed by atoms with Crippen LogP contribution in [0.4, 0.5) is 22.0 Å². The molecule has 0 radical (unpaired) electrons. The zero-order chi connectivity index (χ0) is 15.5. The number of hydrogen-bond acceptors (Lipinski definition) is 3. The summed E-state index contributed by atoms with van der Waals surface area (Å²) in [5.41, 5.74) is -5.50. The summed E-state index contributed by atoms with van der Waals surface area (Å²) in [7, 11) is 0. The van der Waals surface area contributed by atoms with Crippen molar-refractivity contribution in [1.82, 2.24) is 4.98 Å². The molecule has 1 heterocycles. The minimum absolute atomic E-state index is 0.105. The molecule has 0 amide bonds. The normalized spacial score (nSPS) is 11.8. The molecule has 20 heavy (non-hydrogen) atoms. The molecule has 0 atom stereocenters. The van der Waals surface area contributed by atoms with Crippen LogP contribution < -0.4 is 5.56 Å². The summed E-state index contributed by atoms with van der Waals surface area (Å²) in [4.78, 5) is 24.4. The second kappa shape index (κ2) is 6.02. The molecule has 0 fully saturated rings. The Hall–Kier alpha value is -1.93. The van der Waals surface area contributed by atoms with Crippen LogP contribution in [0.15, 0.2) is 11.0 Å². The molecule has 1 N–H and O–H groups in total. The Morgan fingerprint density at radius 1 is 1.40 bits per heavy atom. The summed E-state index contributed by atoms with van der Waals surface area (Å²) in [6.45, 7) is 1.31. The van der Waals surface area contributed by atoms with Crippen molar-refractivity contribution in [3.63, 3.8) is 0 Å². The first-order chi connectivity index (χ1) is 9.18. The van der Waals surface area contributed by atoms with Crippen LogP contribution >= 0.6 is 0 Å². The quantitative estimate of drug-likeness (QED) is 0.686. The van der Waals surface area contributed by atoms with E-state index in [0.29, 0.717) is 6.20 Å². The van der Waals surface area contributed by atoms with Gasteiger partial charge in [0.05, 0.1) is 18.6 Å². The van der Waals surface area contributed by atoms with Gasteiger partial charge < -0.3 is 9.72 Å². The van der Waals surface area contributed by atoms with E-state index >= 15 is 0 Å². The molecule has 9 heteroatoms. The molecule has 0 unspecified atom stereocenters. The summed E-state index contributed by atoms with van der Waals surface area (Å²) in [5.74, 6) is -1.10. The third-order valence-corrected chi connectivity index (χ3v) is 2.37. The van der Waals surface area contributed by atoms with Crippen LogP contribution in [0.3, 0.4) is 0 Å². The molecular weight excluding hydrogens is 289 g/mol. The predicted molar refractivity (Wildman–Crippen MR) is 57.4 cm³/mol. The van der Waals surface area contributed by atoms with E-state index in [1.807, 2.05) is 0 Å². The molecule has 0 saturated carbocycles. The Bertz CT molecular complexity index is 550. The second-order valence-electron chi connectivity index (χ2n) is 3.71. The minimum atomic E-state index is -5.18. The van der Waals surface area contributed by atoms with Crippen LogP contribution in [0.5, 0.6) is 0 Å². The van der Waals surface area contributed by atoms with E-state index in [0.717, 1.165) is 0 Å². The van der Waals surface area contributed by atoms with Crippen molar-refractivity contribution in [3.8, 4) is 0 Å². The molecular formula is C11H10F5NO3. The Morgan fingerprint density at radius 2 is 2.00 bits per heavy atom. The van der Waals surface area contributed by atoms with Crippen LogP contribution in [0.2, 0.25) is 0 Å². The molecule has 112 valence electrons. The first-order valence-corrected chi connectivity index (χ1v) is 5.43. The number of rotatable bonds is 4. The van der Waals surface area contributed by atoms with E-state index in [1.54, 1.807) is 4.98 Å². The van der Waals surface area contributed by atoms with Gasteiger partial charge in [0.2, 0.25) is 0 Å². The number of pyridine rings is 1. The molecule has 1 aromatic rings. The predicted octanol–water partition coefficient (Wildman–Crippen LogP) is 2.44. The molecule has 0 aliphatic heterocycles. The number of halogens is 5. The molecule has 1 rings (SSSR count). The third-order valence-electron chi connectivity index (χ3n) is 2.37. The van der Waals surface area contributed by atoms with Gasteiger partial charge in [-0.15, -0.1) is 0 Å². The van der Waals surface area contributed by atoms with Crippen LogP contribution in [0, 0.1) is 0 Å². The number of alkyl halides is 5. The average Bonchev–Trinajstić information content (AvgIpc) is 2.29. The van der Waals surface area contributed by atoms with Crippen molar-refractivity contribution in [1.29, 1.82) is 0 Å². The van der Waals surface area contributed by atoms with Crippen molar-refractivity contribution in [2.24, 2.45) is 0 Å². The first kappa shape index (κ1) is 16.1. The van der Waals surface area contributed by atoms with Crippen molar-refractivity contribution in [2.75, 3.05) is 6.61 Å². The lowest BCUT2D eigenvalue weighted by Gasteiger charge is -2.15. The number of aromatic amines is 1. The van der Waals surface area contributed by atoms with Gasteiger partial charge in [0.15, 0.2) is 0 Å². The van der Waals surface area contributed by atoms with Crippen LogP contribution in [0.25, 0.3) is 0 Å². The van der Waals surface area contributed by atoms with Crippen LogP contribution in [-0.4, -0.2) is 17.6 Å². The molecule has 0 aliphatic carbocycles. The van der Waals surface area contributed by atoms with Crippen molar-refractivity contribution < 1.29 is 31.5 Å². The van der Waals surface area contributed by atoms with E-state index in [1.165, 1.54) is 6.92 Å². The first-order valence-electron chi connectivity index (χ1n) is 5.43. The zero-order valence-corrected chi connectivity index (χ0v) is 10.2. The van der Waals surface area contributed by atoms with Gasteiger partial charge in [0, 0.05) is 17.3 Å². The van der Waals surface area contributed by atoms with Gasteiger partial charge in [0.1, 0.15) is 0 Å². The van der Waals surface area contributed by atoms with Gasteiger partial charge in [-0.1, -0.05) is 0 Å². The van der Waals surface area contributed by atoms with E-state index in [-0.39, 0.29) is 6.61 Å². The summed E-state index contributed by atoms with van der Waals surface area (Å²) in [6.07, 6.45) is -9.35. The number of hydrogen-bond donors (Lipinski definition) is 1. The molecule has 0 spiro atoms. The van der Waals surface area contributed by atoms with Crippen LogP contribution in [-0.2, 0) is 22.1 Å². The fourth-order valence-corrected chi connectivity index (χ4v) is 1.62. The third kappa shape index (κ3) is 3.55. The maximum atomic E-state index is 12.8. The van der Waals surface area contributed by atoms with Crippen molar-refractivity contribution >= 4 is 5.97 Å². The number of carbonyl (C=O) groups excluding carboxylic acids is 1. The molecule has 4 nitrogen and oxygen atoms in total. The number of esters is 1. The van der Waals surface area contributed by atoms with Crippen molar-refractivity contribution in [3.05, 3.63) is 33.2 Å². The lowest BCUT2D eigenvalue weighted by molar-refractivity contribution is -0.144. The second-order valence-corrected chi connectivity index (χ2v) is 3.71. The van der Waals surface area contributed by atoms with Gasteiger partial charge in [-0.05, 0) is 6.92 Å². The highest BCUT2D eigenvalue weighted by atomic mass is 19.4. The summed E-state index contributed by atoms with van der Waals surface area (Å²) in [5, 5.41) is 0. The Labute approximate surface area is 109 Å². The fraction of sp³-hybridized carbons (Fsp3) is 0.455. The lowest BCUT2D eigenvalue weighted by Crippen LogP contribution is -2.26. The Kier molecular flexibility index (Phi) is 4.85. The standard InChI is InChI=1S/C11H10F5NO3/c1-2-20-7(18)3-5-8(11(14,15)16)6(9(12)13)4-17-10(5)19/h4,9H,2-3H2,1H3,(H,17,19). The van der Waals surface area contributed by atoms with Crippen molar-refractivity contribution in [2.45, 2.75) is 25.9 Å². The van der Waals surface area contributed by atoms with Gasteiger partial charge in [-0.2, -0.15) is 13.2 Å². The van der Waals surface area contributed by atoms with E-state index in [4.69, 9.17) is 0 Å². The number of H-pyrrole nitrogens is 1. The summed E-state index contributed by atoms with van der Waals surface area (Å²) >= 11 is 0. The van der Waals surface area contributed by atoms with Crippen LogP contribution in [0.1, 0.15) is 30.0 Å². The highest BCUT2D eigenvalue weighted by Gasteiger charge is 2.40. The lowest BCUT2D eigenvalue weighted by atomic mass is 10.0. The van der Waals surface area contributed by atoms with Gasteiger partial charge in [-0.25, -0.2) is 8.78 Å². The monoisotopic (exact) mass is 299 g/mol. The average molecular weight is 299 g/mol. The molecule has 0 bridgehead atoms. The minimum Gasteiger partial charge on any atom is -0.466 e. The van der Waals surface area contributed by atoms with Gasteiger partial charge in [-0.3, -0.25) is 9.59 Å². The van der Waals surface area contributed by atoms with E-state index < -0.39 is 47.2 Å².